The van der Waals surface area contributed by atoms with Gasteiger partial charge in [-0.1, -0.05) is 12.0 Å². The summed E-state index contributed by atoms with van der Waals surface area (Å²) in [7, 11) is 0. The predicted octanol–water partition coefficient (Wildman–Crippen LogP) is 0.497. The second-order valence-corrected chi connectivity index (χ2v) is 4.25. The molecule has 1 aliphatic heterocycles. The van der Waals surface area contributed by atoms with E-state index in [-0.39, 0.29) is 18.0 Å². The molecule has 1 aliphatic rings. The van der Waals surface area contributed by atoms with Gasteiger partial charge in [-0.15, -0.1) is 6.42 Å². The van der Waals surface area contributed by atoms with E-state index in [0.29, 0.717) is 18.8 Å². The van der Waals surface area contributed by atoms with Crippen molar-refractivity contribution in [1.29, 1.82) is 0 Å². The number of benzene rings is 1. The van der Waals surface area contributed by atoms with Crippen molar-refractivity contribution in [3.05, 3.63) is 29.3 Å². The predicted molar refractivity (Wildman–Crippen MR) is 71.2 cm³/mol. The van der Waals surface area contributed by atoms with Crippen molar-refractivity contribution in [2.75, 3.05) is 24.5 Å². The minimum Gasteiger partial charge on any atom is -0.478 e. The van der Waals surface area contributed by atoms with Crippen molar-refractivity contribution >= 4 is 17.6 Å². The highest BCUT2D eigenvalue weighted by molar-refractivity contribution is 5.98. The SMILES string of the molecule is C#CCNCC(=O)N1CCc2ccc(C(=O)O)cc21. The van der Waals surface area contributed by atoms with Crippen LogP contribution in [0.1, 0.15) is 15.9 Å². The summed E-state index contributed by atoms with van der Waals surface area (Å²) in [6, 6.07) is 4.87. The van der Waals surface area contributed by atoms with Gasteiger partial charge < -0.3 is 10.0 Å². The summed E-state index contributed by atoms with van der Waals surface area (Å²) in [6.07, 6.45) is 5.84. The van der Waals surface area contributed by atoms with E-state index in [9.17, 15) is 9.59 Å². The second-order valence-electron chi connectivity index (χ2n) is 4.25. The van der Waals surface area contributed by atoms with Gasteiger partial charge in [-0.25, -0.2) is 4.79 Å². The van der Waals surface area contributed by atoms with E-state index in [1.165, 1.54) is 0 Å². The Morgan fingerprint density at radius 3 is 2.95 bits per heavy atom. The summed E-state index contributed by atoms with van der Waals surface area (Å²) >= 11 is 0. The minimum absolute atomic E-state index is 0.100. The fourth-order valence-corrected chi connectivity index (χ4v) is 2.11. The van der Waals surface area contributed by atoms with Crippen LogP contribution in [0.2, 0.25) is 0 Å². The van der Waals surface area contributed by atoms with Gasteiger partial charge in [0.25, 0.3) is 0 Å². The molecule has 1 amide bonds. The normalized spacial score (nSPS) is 12.9. The van der Waals surface area contributed by atoms with Gasteiger partial charge >= 0.3 is 5.97 Å². The number of carboxylic acids is 1. The van der Waals surface area contributed by atoms with Crippen LogP contribution >= 0.6 is 0 Å². The molecular weight excluding hydrogens is 244 g/mol. The maximum absolute atomic E-state index is 12.0. The summed E-state index contributed by atoms with van der Waals surface area (Å²) in [5.41, 5.74) is 1.87. The number of rotatable bonds is 4. The zero-order chi connectivity index (χ0) is 13.8. The van der Waals surface area contributed by atoms with Crippen LogP contribution in [0.3, 0.4) is 0 Å². The number of nitrogens with zero attached hydrogens (tertiary/aromatic N) is 1. The number of hydrogen-bond donors (Lipinski definition) is 2. The van der Waals surface area contributed by atoms with E-state index in [1.54, 1.807) is 23.1 Å². The molecule has 5 nitrogen and oxygen atoms in total. The number of nitrogens with one attached hydrogen (secondary N) is 1. The quantitative estimate of drug-likeness (QED) is 0.609. The van der Waals surface area contributed by atoms with Crippen LogP contribution in [0, 0.1) is 12.3 Å². The molecule has 0 spiro atoms. The molecule has 19 heavy (non-hydrogen) atoms. The standard InChI is InChI=1S/C14H14N2O3/c1-2-6-15-9-13(17)16-7-5-10-3-4-11(14(18)19)8-12(10)16/h1,3-4,8,15H,5-7,9H2,(H,18,19). The van der Waals surface area contributed by atoms with Crippen molar-refractivity contribution in [3.63, 3.8) is 0 Å². The first kappa shape index (κ1) is 13.1. The van der Waals surface area contributed by atoms with Gasteiger partial charge in [0.2, 0.25) is 5.91 Å². The number of terminal acetylenes is 1. The zero-order valence-corrected chi connectivity index (χ0v) is 10.3. The van der Waals surface area contributed by atoms with Crippen molar-refractivity contribution in [2.45, 2.75) is 6.42 Å². The van der Waals surface area contributed by atoms with Crippen molar-refractivity contribution in [1.82, 2.24) is 5.32 Å². The number of carbonyl (C=O) groups is 2. The molecule has 2 rings (SSSR count). The summed E-state index contributed by atoms with van der Waals surface area (Å²) < 4.78 is 0. The first-order chi connectivity index (χ1) is 9.13. The summed E-state index contributed by atoms with van der Waals surface area (Å²) in [4.78, 5) is 24.6. The maximum atomic E-state index is 12.0. The summed E-state index contributed by atoms with van der Waals surface area (Å²) in [5.74, 6) is 1.30. The fraction of sp³-hybridized carbons (Fsp3) is 0.286. The van der Waals surface area contributed by atoms with E-state index in [4.69, 9.17) is 11.5 Å². The van der Waals surface area contributed by atoms with Crippen LogP contribution < -0.4 is 10.2 Å². The largest absolute Gasteiger partial charge is 0.478 e. The molecule has 0 fully saturated rings. The number of aromatic carboxylic acids is 1. The summed E-state index contributed by atoms with van der Waals surface area (Å²) in [6.45, 7) is 1.07. The van der Waals surface area contributed by atoms with E-state index in [0.717, 1.165) is 12.0 Å². The van der Waals surface area contributed by atoms with Crippen LogP contribution in [0.4, 0.5) is 5.69 Å². The first-order valence-corrected chi connectivity index (χ1v) is 5.94. The van der Waals surface area contributed by atoms with E-state index >= 15 is 0 Å². The molecular formula is C14H14N2O3. The van der Waals surface area contributed by atoms with Crippen LogP contribution in [0.25, 0.3) is 0 Å². The van der Waals surface area contributed by atoms with Gasteiger partial charge in [0.15, 0.2) is 0 Å². The third-order valence-electron chi connectivity index (χ3n) is 3.03. The molecule has 0 saturated carbocycles. The molecule has 1 heterocycles. The molecule has 0 radical (unpaired) electrons. The minimum atomic E-state index is -0.993. The Kier molecular flexibility index (Phi) is 3.83. The summed E-state index contributed by atoms with van der Waals surface area (Å²) in [5, 5.41) is 11.8. The number of amides is 1. The van der Waals surface area contributed by atoms with E-state index < -0.39 is 5.97 Å². The van der Waals surface area contributed by atoms with Crippen LogP contribution in [-0.2, 0) is 11.2 Å². The van der Waals surface area contributed by atoms with Gasteiger partial charge in [0, 0.05) is 12.2 Å². The van der Waals surface area contributed by atoms with Crippen molar-refractivity contribution in [3.8, 4) is 12.3 Å². The average Bonchev–Trinajstić information content (AvgIpc) is 2.81. The lowest BCUT2D eigenvalue weighted by Crippen LogP contribution is -2.37. The highest BCUT2D eigenvalue weighted by Crippen LogP contribution is 2.29. The highest BCUT2D eigenvalue weighted by atomic mass is 16.4. The molecule has 98 valence electrons. The Morgan fingerprint density at radius 1 is 1.47 bits per heavy atom. The lowest BCUT2D eigenvalue weighted by Gasteiger charge is -2.17. The maximum Gasteiger partial charge on any atom is 0.335 e. The Balaban J connectivity index is 2.16. The molecule has 1 aromatic carbocycles. The van der Waals surface area contributed by atoms with Crippen molar-refractivity contribution in [2.24, 2.45) is 0 Å². The number of anilines is 1. The number of fused-ring (bicyclic) bond motifs is 1. The van der Waals surface area contributed by atoms with E-state index in [1.807, 2.05) is 0 Å². The average molecular weight is 258 g/mol. The molecule has 0 aromatic heterocycles. The smallest absolute Gasteiger partial charge is 0.335 e. The molecule has 2 N–H and O–H groups in total. The Labute approximate surface area is 111 Å². The van der Waals surface area contributed by atoms with Gasteiger partial charge in [0.1, 0.15) is 0 Å². The highest BCUT2D eigenvalue weighted by Gasteiger charge is 2.25. The Bertz CT molecular complexity index is 560. The molecule has 0 bridgehead atoms. The number of carboxylic acid groups (broad SMARTS) is 1. The molecule has 0 aliphatic carbocycles. The molecule has 0 saturated heterocycles. The third kappa shape index (κ3) is 2.75. The van der Waals surface area contributed by atoms with Gasteiger partial charge in [-0.05, 0) is 24.1 Å². The van der Waals surface area contributed by atoms with Gasteiger partial charge in [-0.2, -0.15) is 0 Å². The van der Waals surface area contributed by atoms with Crippen LogP contribution in [0.15, 0.2) is 18.2 Å². The number of hydrogen-bond acceptors (Lipinski definition) is 3. The van der Waals surface area contributed by atoms with Gasteiger partial charge in [0.05, 0.1) is 18.7 Å². The lowest BCUT2D eigenvalue weighted by atomic mass is 10.1. The third-order valence-corrected chi connectivity index (χ3v) is 3.03. The van der Waals surface area contributed by atoms with E-state index in [2.05, 4.69) is 11.2 Å². The zero-order valence-electron chi connectivity index (χ0n) is 10.3. The van der Waals surface area contributed by atoms with Crippen LogP contribution in [-0.4, -0.2) is 36.6 Å². The fourth-order valence-electron chi connectivity index (χ4n) is 2.11. The second kappa shape index (κ2) is 5.55. The first-order valence-electron chi connectivity index (χ1n) is 5.94. The molecule has 0 unspecified atom stereocenters. The van der Waals surface area contributed by atoms with Gasteiger partial charge in [-0.3, -0.25) is 10.1 Å². The van der Waals surface area contributed by atoms with Crippen LogP contribution in [0.5, 0.6) is 0 Å². The van der Waals surface area contributed by atoms with Crippen molar-refractivity contribution < 1.29 is 14.7 Å². The molecule has 0 atom stereocenters. The Morgan fingerprint density at radius 2 is 2.26 bits per heavy atom. The lowest BCUT2D eigenvalue weighted by molar-refractivity contribution is -0.117. The number of carbonyl (C=O) groups excluding carboxylic acids is 1. The molecule has 5 heteroatoms. The monoisotopic (exact) mass is 258 g/mol. The topological polar surface area (TPSA) is 69.6 Å². The molecule has 1 aromatic rings. The Hall–Kier alpha value is -2.32.